The lowest BCUT2D eigenvalue weighted by molar-refractivity contribution is 0.312. The van der Waals surface area contributed by atoms with Gasteiger partial charge in [-0.2, -0.15) is 0 Å². The lowest BCUT2D eigenvalue weighted by Crippen LogP contribution is -2.45. The van der Waals surface area contributed by atoms with Crippen LogP contribution in [0.3, 0.4) is 0 Å². The summed E-state index contributed by atoms with van der Waals surface area (Å²) in [5.74, 6) is 1.12. The Labute approximate surface area is 155 Å². The summed E-state index contributed by atoms with van der Waals surface area (Å²) in [6, 6.07) is 19.3. The van der Waals surface area contributed by atoms with Crippen LogP contribution >= 0.6 is 0 Å². The molecule has 26 heavy (non-hydrogen) atoms. The van der Waals surface area contributed by atoms with Crippen molar-refractivity contribution in [3.05, 3.63) is 60.3 Å². The van der Waals surface area contributed by atoms with Gasteiger partial charge in [0.05, 0.1) is 0 Å². The molecule has 0 atom stereocenters. The zero-order valence-corrected chi connectivity index (χ0v) is 15.8. The first-order chi connectivity index (χ1) is 12.6. The van der Waals surface area contributed by atoms with Gasteiger partial charge in [-0.15, -0.1) is 0 Å². The summed E-state index contributed by atoms with van der Waals surface area (Å²) < 4.78 is 0. The van der Waals surface area contributed by atoms with Crippen molar-refractivity contribution in [2.24, 2.45) is 0 Å². The quantitative estimate of drug-likeness (QED) is 0.713. The van der Waals surface area contributed by atoms with Gasteiger partial charge in [0.2, 0.25) is 0 Å². The average Bonchev–Trinajstić information content (AvgIpc) is 2.68. The molecular weight excluding hydrogens is 320 g/mol. The lowest BCUT2D eigenvalue weighted by Gasteiger charge is -2.34. The third-order valence-corrected chi connectivity index (χ3v) is 5.27. The predicted molar refractivity (Wildman–Crippen MR) is 111 cm³/mol. The molecule has 4 heteroatoms. The Morgan fingerprint density at radius 1 is 0.885 bits per heavy atom. The van der Waals surface area contributed by atoms with Gasteiger partial charge in [0.1, 0.15) is 5.82 Å². The van der Waals surface area contributed by atoms with Crippen molar-refractivity contribution in [3.8, 4) is 0 Å². The molecule has 0 N–H and O–H groups in total. The maximum absolute atomic E-state index is 4.91. The maximum atomic E-state index is 4.91. The van der Waals surface area contributed by atoms with E-state index in [0.717, 1.165) is 37.7 Å². The number of fused-ring (bicyclic) bond motifs is 1. The Hall–Kier alpha value is -2.59. The molecule has 4 rings (SSSR count). The van der Waals surface area contributed by atoms with Gasteiger partial charge in [-0.05, 0) is 38.2 Å². The molecule has 1 saturated heterocycles. The van der Waals surface area contributed by atoms with E-state index in [4.69, 9.17) is 4.98 Å². The molecule has 0 saturated carbocycles. The topological polar surface area (TPSA) is 22.6 Å². The van der Waals surface area contributed by atoms with Crippen molar-refractivity contribution in [3.63, 3.8) is 0 Å². The highest BCUT2D eigenvalue weighted by molar-refractivity contribution is 6.02. The van der Waals surface area contributed by atoms with Crippen molar-refractivity contribution >= 4 is 28.0 Å². The molecule has 0 radical (unpaired) electrons. The lowest BCUT2D eigenvalue weighted by atomic mass is 10.1. The number of pyridine rings is 1. The maximum Gasteiger partial charge on any atom is 0.136 e. The number of hydrogen-bond acceptors (Lipinski definition) is 4. The Kier molecular flexibility index (Phi) is 4.51. The van der Waals surface area contributed by atoms with Crippen LogP contribution in [0.4, 0.5) is 17.2 Å². The molecule has 2 aromatic carbocycles. The van der Waals surface area contributed by atoms with Gasteiger partial charge in [0.15, 0.2) is 0 Å². The van der Waals surface area contributed by atoms with E-state index < -0.39 is 0 Å². The van der Waals surface area contributed by atoms with Gasteiger partial charge < -0.3 is 14.7 Å². The van der Waals surface area contributed by atoms with Gasteiger partial charge in [0, 0.05) is 61.1 Å². The summed E-state index contributed by atoms with van der Waals surface area (Å²) >= 11 is 0. The number of nitrogens with zero attached hydrogens (tertiary/aromatic N) is 4. The summed E-state index contributed by atoms with van der Waals surface area (Å²) in [4.78, 5) is 12.0. The van der Waals surface area contributed by atoms with Crippen LogP contribution in [0.1, 0.15) is 5.69 Å². The first kappa shape index (κ1) is 16.9. The van der Waals surface area contributed by atoms with Crippen LogP contribution in [-0.4, -0.2) is 50.2 Å². The van der Waals surface area contributed by atoms with Gasteiger partial charge in [0.25, 0.3) is 0 Å². The zero-order chi connectivity index (χ0) is 18.1. The molecule has 0 spiro atoms. The second-order valence-electron chi connectivity index (χ2n) is 7.14. The fourth-order valence-electron chi connectivity index (χ4n) is 3.71. The number of piperazine rings is 1. The standard InChI is InChI=1S/C22H26N4/c1-17-16-20-19(22(23-17)26-14-12-24(2)13-15-26)10-7-11-21(20)25(3)18-8-5-4-6-9-18/h4-11,16H,12-15H2,1-3H3. The molecular formula is C22H26N4. The molecule has 3 aromatic rings. The molecule has 0 bridgehead atoms. The second-order valence-corrected chi connectivity index (χ2v) is 7.14. The number of aryl methyl sites for hydroxylation is 1. The molecule has 1 aliphatic rings. The van der Waals surface area contributed by atoms with E-state index in [1.807, 2.05) is 0 Å². The molecule has 1 aromatic heterocycles. The average molecular weight is 346 g/mol. The minimum absolute atomic E-state index is 1.03. The van der Waals surface area contributed by atoms with Gasteiger partial charge in [-0.1, -0.05) is 30.3 Å². The second kappa shape index (κ2) is 6.96. The zero-order valence-electron chi connectivity index (χ0n) is 15.8. The van der Waals surface area contributed by atoms with Crippen molar-refractivity contribution in [1.82, 2.24) is 9.88 Å². The van der Waals surface area contributed by atoms with Crippen LogP contribution in [0.25, 0.3) is 10.8 Å². The summed E-state index contributed by atoms with van der Waals surface area (Å²) in [6.45, 7) is 6.32. The highest BCUT2D eigenvalue weighted by atomic mass is 15.3. The molecule has 2 heterocycles. The molecule has 0 unspecified atom stereocenters. The normalized spacial score (nSPS) is 15.4. The van der Waals surface area contributed by atoms with E-state index in [1.165, 1.54) is 22.1 Å². The first-order valence-electron chi connectivity index (χ1n) is 9.26. The number of benzene rings is 2. The highest BCUT2D eigenvalue weighted by Crippen LogP contribution is 2.35. The summed E-state index contributed by atoms with van der Waals surface area (Å²) in [5.41, 5.74) is 3.48. The number of hydrogen-bond donors (Lipinski definition) is 0. The van der Waals surface area contributed by atoms with Crippen LogP contribution in [0.5, 0.6) is 0 Å². The van der Waals surface area contributed by atoms with Crippen molar-refractivity contribution < 1.29 is 0 Å². The Bertz CT molecular complexity index is 899. The monoisotopic (exact) mass is 346 g/mol. The molecule has 4 nitrogen and oxygen atoms in total. The van der Waals surface area contributed by atoms with Crippen LogP contribution in [0.2, 0.25) is 0 Å². The summed E-state index contributed by atoms with van der Waals surface area (Å²) in [7, 11) is 4.32. The molecule has 1 fully saturated rings. The van der Waals surface area contributed by atoms with E-state index in [9.17, 15) is 0 Å². The highest BCUT2D eigenvalue weighted by Gasteiger charge is 2.19. The summed E-state index contributed by atoms with van der Waals surface area (Å²) in [5, 5.41) is 2.50. The Morgan fingerprint density at radius 3 is 2.35 bits per heavy atom. The van der Waals surface area contributed by atoms with Gasteiger partial charge in [-0.3, -0.25) is 0 Å². The first-order valence-corrected chi connectivity index (χ1v) is 9.26. The van der Waals surface area contributed by atoms with Gasteiger partial charge >= 0.3 is 0 Å². The van der Waals surface area contributed by atoms with E-state index in [2.05, 4.69) is 90.3 Å². The molecule has 134 valence electrons. The fraction of sp³-hybridized carbons (Fsp3) is 0.318. The molecule has 0 amide bonds. The van der Waals surface area contributed by atoms with Crippen LogP contribution < -0.4 is 9.80 Å². The van der Waals surface area contributed by atoms with E-state index >= 15 is 0 Å². The number of anilines is 3. The molecule has 1 aliphatic heterocycles. The summed E-state index contributed by atoms with van der Waals surface area (Å²) in [6.07, 6.45) is 0. The number of para-hydroxylation sites is 1. The van der Waals surface area contributed by atoms with Crippen LogP contribution in [-0.2, 0) is 0 Å². The predicted octanol–water partition coefficient (Wildman–Crippen LogP) is 4.06. The minimum atomic E-state index is 1.03. The van der Waals surface area contributed by atoms with Crippen molar-refractivity contribution in [2.45, 2.75) is 6.92 Å². The van der Waals surface area contributed by atoms with Crippen molar-refractivity contribution in [2.75, 3.05) is 50.1 Å². The third-order valence-electron chi connectivity index (χ3n) is 5.27. The van der Waals surface area contributed by atoms with Gasteiger partial charge in [-0.25, -0.2) is 4.98 Å². The number of likely N-dealkylation sites (N-methyl/N-ethyl adjacent to an activating group) is 1. The molecule has 0 aliphatic carbocycles. The number of aromatic nitrogens is 1. The van der Waals surface area contributed by atoms with Crippen molar-refractivity contribution in [1.29, 1.82) is 0 Å². The fourth-order valence-corrected chi connectivity index (χ4v) is 3.71. The Morgan fingerprint density at radius 2 is 1.62 bits per heavy atom. The van der Waals surface area contributed by atoms with E-state index in [-0.39, 0.29) is 0 Å². The SMILES string of the molecule is Cc1cc2c(N(C)c3ccccc3)cccc2c(N2CCN(C)CC2)n1. The van der Waals surface area contributed by atoms with Crippen LogP contribution in [0, 0.1) is 6.92 Å². The minimum Gasteiger partial charge on any atom is -0.354 e. The smallest absolute Gasteiger partial charge is 0.136 e. The third kappa shape index (κ3) is 3.13. The van der Waals surface area contributed by atoms with E-state index in [1.54, 1.807) is 0 Å². The van der Waals surface area contributed by atoms with E-state index in [0.29, 0.717) is 0 Å². The van der Waals surface area contributed by atoms with Crippen LogP contribution in [0.15, 0.2) is 54.6 Å². The number of rotatable bonds is 3. The largest absolute Gasteiger partial charge is 0.354 e. The Balaban J connectivity index is 1.81.